The van der Waals surface area contributed by atoms with Gasteiger partial charge in [0, 0.05) is 23.1 Å². The molecule has 0 radical (unpaired) electrons. The highest BCUT2D eigenvalue weighted by Crippen LogP contribution is 2.35. The molecule has 2 aromatic heterocycles. The maximum absolute atomic E-state index is 13.5. The summed E-state index contributed by atoms with van der Waals surface area (Å²) < 4.78 is 36.7. The molecule has 2 aliphatic heterocycles. The number of hydrogen-bond acceptors (Lipinski definition) is 5. The van der Waals surface area contributed by atoms with Crippen molar-refractivity contribution in [3.63, 3.8) is 0 Å². The molecule has 0 saturated carbocycles. The van der Waals surface area contributed by atoms with Crippen LogP contribution >= 0.6 is 15.9 Å². The fraction of sp³-hybridized carbons (Fsp3) is 0.389. The first-order chi connectivity index (χ1) is 13.6. The molecule has 4 heterocycles. The SMILES string of the molecule is FC(F)c1ncn2c1Cn1nc(CN3CCOCC3)nc1-c1cc(Br)ccc1-2. The highest BCUT2D eigenvalue weighted by molar-refractivity contribution is 9.10. The van der Waals surface area contributed by atoms with Crippen molar-refractivity contribution >= 4 is 15.9 Å². The predicted molar refractivity (Wildman–Crippen MR) is 100 cm³/mol. The lowest BCUT2D eigenvalue weighted by molar-refractivity contribution is 0.0330. The molecule has 7 nitrogen and oxygen atoms in total. The van der Waals surface area contributed by atoms with E-state index >= 15 is 0 Å². The zero-order valence-electron chi connectivity index (χ0n) is 14.9. The number of halogens is 3. The monoisotopic (exact) mass is 450 g/mol. The van der Waals surface area contributed by atoms with E-state index in [0.29, 0.717) is 37.1 Å². The molecule has 0 bridgehead atoms. The van der Waals surface area contributed by atoms with Gasteiger partial charge in [-0.3, -0.25) is 4.90 Å². The van der Waals surface area contributed by atoms with Crippen LogP contribution < -0.4 is 0 Å². The molecule has 2 aliphatic rings. The Morgan fingerprint density at radius 1 is 1.21 bits per heavy atom. The van der Waals surface area contributed by atoms with Crippen LogP contribution in [0.4, 0.5) is 8.78 Å². The molecule has 5 rings (SSSR count). The van der Waals surface area contributed by atoms with E-state index in [0.717, 1.165) is 28.8 Å². The average molecular weight is 451 g/mol. The number of nitrogens with zero attached hydrogens (tertiary/aromatic N) is 6. The Hall–Kier alpha value is -2.17. The molecule has 0 unspecified atom stereocenters. The Labute approximate surface area is 168 Å². The Bertz CT molecular complexity index is 1030. The van der Waals surface area contributed by atoms with Gasteiger partial charge in [0.25, 0.3) is 6.43 Å². The van der Waals surface area contributed by atoms with Gasteiger partial charge in [-0.05, 0) is 18.2 Å². The first-order valence-corrected chi connectivity index (χ1v) is 9.78. The van der Waals surface area contributed by atoms with Crippen molar-refractivity contribution in [2.24, 2.45) is 0 Å². The van der Waals surface area contributed by atoms with Gasteiger partial charge in [0.2, 0.25) is 0 Å². The van der Waals surface area contributed by atoms with Crippen molar-refractivity contribution in [2.75, 3.05) is 26.3 Å². The largest absolute Gasteiger partial charge is 0.379 e. The van der Waals surface area contributed by atoms with Crippen molar-refractivity contribution in [1.29, 1.82) is 0 Å². The summed E-state index contributed by atoms with van der Waals surface area (Å²) in [4.78, 5) is 10.9. The molecular weight excluding hydrogens is 434 g/mol. The van der Waals surface area contributed by atoms with Crippen LogP contribution in [-0.4, -0.2) is 55.5 Å². The van der Waals surface area contributed by atoms with E-state index in [4.69, 9.17) is 9.72 Å². The molecule has 28 heavy (non-hydrogen) atoms. The molecule has 0 amide bonds. The lowest BCUT2D eigenvalue weighted by Gasteiger charge is -2.25. The third kappa shape index (κ3) is 3.05. The molecule has 1 saturated heterocycles. The zero-order chi connectivity index (χ0) is 19.3. The fourth-order valence-corrected chi connectivity index (χ4v) is 4.06. The summed E-state index contributed by atoms with van der Waals surface area (Å²) in [5.74, 6) is 1.35. The summed E-state index contributed by atoms with van der Waals surface area (Å²) in [6.45, 7) is 3.84. The van der Waals surface area contributed by atoms with E-state index < -0.39 is 6.43 Å². The zero-order valence-corrected chi connectivity index (χ0v) is 16.4. The molecule has 1 fully saturated rings. The molecule has 0 aliphatic carbocycles. The summed E-state index contributed by atoms with van der Waals surface area (Å²) in [5.41, 5.74) is 1.81. The summed E-state index contributed by atoms with van der Waals surface area (Å²) in [6.07, 6.45) is -1.20. The maximum atomic E-state index is 13.5. The van der Waals surface area contributed by atoms with Gasteiger partial charge in [0.05, 0.1) is 37.7 Å². The van der Waals surface area contributed by atoms with E-state index in [1.54, 1.807) is 9.25 Å². The smallest absolute Gasteiger partial charge is 0.282 e. The number of fused-ring (bicyclic) bond motifs is 5. The van der Waals surface area contributed by atoms with Gasteiger partial charge in [0.15, 0.2) is 11.6 Å². The van der Waals surface area contributed by atoms with Crippen molar-refractivity contribution in [3.05, 3.63) is 46.2 Å². The summed E-state index contributed by atoms with van der Waals surface area (Å²) in [5, 5.41) is 4.63. The van der Waals surface area contributed by atoms with Crippen LogP contribution in [0.3, 0.4) is 0 Å². The minimum atomic E-state index is -2.65. The minimum absolute atomic E-state index is 0.192. The van der Waals surface area contributed by atoms with Gasteiger partial charge in [-0.25, -0.2) is 23.4 Å². The number of aromatic nitrogens is 5. The Morgan fingerprint density at radius 2 is 2.04 bits per heavy atom. The van der Waals surface area contributed by atoms with Crippen LogP contribution in [0.2, 0.25) is 0 Å². The lowest BCUT2D eigenvalue weighted by Crippen LogP contribution is -2.36. The van der Waals surface area contributed by atoms with Gasteiger partial charge < -0.3 is 9.30 Å². The van der Waals surface area contributed by atoms with Crippen LogP contribution in [0.15, 0.2) is 29.0 Å². The first kappa shape index (κ1) is 17.9. The van der Waals surface area contributed by atoms with Gasteiger partial charge in [0.1, 0.15) is 12.0 Å². The van der Waals surface area contributed by atoms with Crippen LogP contribution in [0, 0.1) is 0 Å². The number of hydrogen-bond donors (Lipinski definition) is 0. The Kier molecular flexibility index (Phi) is 4.48. The summed E-state index contributed by atoms with van der Waals surface area (Å²) in [6, 6.07) is 5.70. The molecule has 3 aromatic rings. The number of benzene rings is 1. The molecule has 0 atom stereocenters. The predicted octanol–water partition coefficient (Wildman–Crippen LogP) is 3.02. The molecule has 10 heteroatoms. The summed E-state index contributed by atoms with van der Waals surface area (Å²) >= 11 is 3.50. The standard InChI is InChI=1S/C18H17BrF2N6O/c19-11-1-2-13-12(7-11)18-23-15(9-25-3-5-28-6-4-25)24-27(18)8-14-16(17(20)21)22-10-26(13)14/h1-2,7,10,17H,3-6,8-9H2. The quantitative estimate of drug-likeness (QED) is 0.480. The summed E-state index contributed by atoms with van der Waals surface area (Å²) in [7, 11) is 0. The Morgan fingerprint density at radius 3 is 2.82 bits per heavy atom. The van der Waals surface area contributed by atoms with Crippen LogP contribution in [0.5, 0.6) is 0 Å². The number of rotatable bonds is 3. The Balaban J connectivity index is 1.61. The number of morpholine rings is 1. The topological polar surface area (TPSA) is 61.0 Å². The lowest BCUT2D eigenvalue weighted by atomic mass is 10.1. The van der Waals surface area contributed by atoms with Crippen LogP contribution in [0.25, 0.3) is 17.1 Å². The van der Waals surface area contributed by atoms with Gasteiger partial charge in [-0.15, -0.1) is 0 Å². The molecule has 1 aromatic carbocycles. The van der Waals surface area contributed by atoms with Gasteiger partial charge >= 0.3 is 0 Å². The van der Waals surface area contributed by atoms with Crippen molar-refractivity contribution < 1.29 is 13.5 Å². The number of imidazole rings is 1. The van der Waals surface area contributed by atoms with Gasteiger partial charge in [-0.1, -0.05) is 15.9 Å². The molecule has 0 spiro atoms. The number of alkyl halides is 2. The second kappa shape index (κ2) is 7.02. The van der Waals surface area contributed by atoms with Crippen LogP contribution in [-0.2, 0) is 17.8 Å². The van der Waals surface area contributed by atoms with Crippen molar-refractivity contribution in [3.8, 4) is 17.1 Å². The minimum Gasteiger partial charge on any atom is -0.379 e. The second-order valence-electron chi connectivity index (χ2n) is 6.81. The highest BCUT2D eigenvalue weighted by atomic mass is 79.9. The van der Waals surface area contributed by atoms with Crippen LogP contribution in [0.1, 0.15) is 23.6 Å². The average Bonchev–Trinajstić information content (AvgIpc) is 3.25. The first-order valence-electron chi connectivity index (χ1n) is 8.98. The normalized spacial score (nSPS) is 16.6. The number of ether oxygens (including phenoxy) is 1. The second-order valence-corrected chi connectivity index (χ2v) is 7.72. The van der Waals surface area contributed by atoms with E-state index in [2.05, 4.69) is 30.9 Å². The molecular formula is C18H17BrF2N6O. The van der Waals surface area contributed by atoms with Crippen molar-refractivity contribution in [2.45, 2.75) is 19.5 Å². The van der Waals surface area contributed by atoms with E-state index in [-0.39, 0.29) is 12.2 Å². The van der Waals surface area contributed by atoms with E-state index in [1.807, 2.05) is 18.2 Å². The maximum Gasteiger partial charge on any atom is 0.282 e. The van der Waals surface area contributed by atoms with Gasteiger partial charge in [-0.2, -0.15) is 5.10 Å². The third-order valence-corrected chi connectivity index (χ3v) is 5.54. The fourth-order valence-electron chi connectivity index (χ4n) is 3.70. The molecule has 146 valence electrons. The van der Waals surface area contributed by atoms with E-state index in [9.17, 15) is 8.78 Å². The third-order valence-electron chi connectivity index (χ3n) is 5.05. The molecule has 0 N–H and O–H groups in total. The van der Waals surface area contributed by atoms with E-state index in [1.165, 1.54) is 6.33 Å². The van der Waals surface area contributed by atoms with Crippen molar-refractivity contribution in [1.82, 2.24) is 29.2 Å². The highest BCUT2D eigenvalue weighted by Gasteiger charge is 2.28.